The fourth-order valence-electron chi connectivity index (χ4n) is 3.25. The Morgan fingerprint density at radius 3 is 3.00 bits per heavy atom. The van der Waals surface area contributed by atoms with Gasteiger partial charge in [0, 0.05) is 37.0 Å². The molecule has 1 atom stereocenters. The Hall–Kier alpha value is -0.410. The van der Waals surface area contributed by atoms with Gasteiger partial charge in [0.05, 0.1) is 23.9 Å². The molecule has 2 aliphatic rings. The fraction of sp³-hybridized carbons (Fsp3) is 0.750. The number of halogens is 1. The predicted molar refractivity (Wildman–Crippen MR) is 106 cm³/mol. The van der Waals surface area contributed by atoms with Gasteiger partial charge in [-0.1, -0.05) is 6.92 Å². The highest BCUT2D eigenvalue weighted by Gasteiger charge is 2.42. The summed E-state index contributed by atoms with van der Waals surface area (Å²) < 4.78 is 5.62. The minimum absolute atomic E-state index is 0. The summed E-state index contributed by atoms with van der Waals surface area (Å²) in [6, 6.07) is 0. The van der Waals surface area contributed by atoms with Crippen molar-refractivity contribution in [3.63, 3.8) is 0 Å². The maximum absolute atomic E-state index is 5.62. The van der Waals surface area contributed by atoms with Crippen molar-refractivity contribution >= 4 is 41.3 Å². The van der Waals surface area contributed by atoms with Gasteiger partial charge >= 0.3 is 0 Å². The molecule has 1 unspecified atom stereocenters. The van der Waals surface area contributed by atoms with Gasteiger partial charge in [-0.2, -0.15) is 0 Å². The Balaban J connectivity index is 0.00000192. The second kappa shape index (κ2) is 8.62. The third kappa shape index (κ3) is 4.57. The number of aromatic nitrogens is 1. The smallest absolute Gasteiger partial charge is 0.194 e. The zero-order valence-corrected chi connectivity index (χ0v) is 17.2. The molecule has 0 bridgehead atoms. The van der Waals surface area contributed by atoms with E-state index in [-0.39, 0.29) is 24.0 Å². The van der Waals surface area contributed by atoms with Gasteiger partial charge < -0.3 is 15.0 Å². The highest BCUT2D eigenvalue weighted by Crippen LogP contribution is 2.38. The third-order valence-corrected chi connectivity index (χ3v) is 5.59. The van der Waals surface area contributed by atoms with Crippen molar-refractivity contribution in [1.29, 1.82) is 0 Å². The molecule has 23 heavy (non-hydrogen) atoms. The summed E-state index contributed by atoms with van der Waals surface area (Å²) >= 11 is 1.73. The molecular weight excluding hydrogens is 423 g/mol. The first-order valence-corrected chi connectivity index (χ1v) is 9.17. The molecule has 2 fully saturated rings. The highest BCUT2D eigenvalue weighted by molar-refractivity contribution is 14.0. The van der Waals surface area contributed by atoms with Crippen LogP contribution in [0.4, 0.5) is 0 Å². The van der Waals surface area contributed by atoms with E-state index in [9.17, 15) is 0 Å². The molecule has 2 aliphatic heterocycles. The minimum atomic E-state index is 0. The second-order valence-electron chi connectivity index (χ2n) is 6.23. The van der Waals surface area contributed by atoms with Gasteiger partial charge in [0.2, 0.25) is 0 Å². The monoisotopic (exact) mass is 450 g/mol. The number of nitrogens with one attached hydrogen (secondary N) is 1. The lowest BCUT2D eigenvalue weighted by molar-refractivity contribution is 0.156. The summed E-state index contributed by atoms with van der Waals surface area (Å²) in [4.78, 5) is 11.8. The molecule has 0 saturated carbocycles. The number of guanidine groups is 1. The van der Waals surface area contributed by atoms with Crippen LogP contribution >= 0.6 is 35.3 Å². The molecule has 1 aromatic heterocycles. The largest absolute Gasteiger partial charge is 0.381 e. The number of hydrogen-bond acceptors (Lipinski definition) is 4. The van der Waals surface area contributed by atoms with Crippen LogP contribution in [0.25, 0.3) is 0 Å². The van der Waals surface area contributed by atoms with Crippen molar-refractivity contribution in [2.75, 3.05) is 32.8 Å². The van der Waals surface area contributed by atoms with Gasteiger partial charge in [0.1, 0.15) is 0 Å². The van der Waals surface area contributed by atoms with Crippen molar-refractivity contribution in [3.05, 3.63) is 16.1 Å². The van der Waals surface area contributed by atoms with Gasteiger partial charge in [-0.25, -0.2) is 9.98 Å². The van der Waals surface area contributed by atoms with Crippen LogP contribution in [-0.4, -0.2) is 48.7 Å². The Bertz CT molecular complexity index is 528. The molecule has 7 heteroatoms. The molecule has 3 rings (SSSR count). The van der Waals surface area contributed by atoms with E-state index in [0.717, 1.165) is 50.9 Å². The Morgan fingerprint density at radius 1 is 1.48 bits per heavy atom. The topological polar surface area (TPSA) is 49.8 Å². The lowest BCUT2D eigenvalue weighted by Gasteiger charge is -2.24. The van der Waals surface area contributed by atoms with Crippen LogP contribution in [0.5, 0.6) is 0 Å². The van der Waals surface area contributed by atoms with Crippen molar-refractivity contribution < 1.29 is 4.74 Å². The molecule has 3 heterocycles. The summed E-state index contributed by atoms with van der Waals surface area (Å²) in [7, 11) is 0. The number of rotatable bonds is 4. The summed E-state index contributed by atoms with van der Waals surface area (Å²) in [5, 5.41) is 6.75. The quantitative estimate of drug-likeness (QED) is 0.436. The number of ether oxygens (including phenoxy) is 1. The van der Waals surface area contributed by atoms with E-state index in [1.54, 1.807) is 11.3 Å². The first kappa shape index (κ1) is 18.9. The molecule has 1 aromatic rings. The Labute approximate surface area is 159 Å². The maximum Gasteiger partial charge on any atom is 0.194 e. The second-order valence-corrected chi connectivity index (χ2v) is 7.17. The number of likely N-dealkylation sites (tertiary alicyclic amines) is 1. The van der Waals surface area contributed by atoms with Crippen LogP contribution in [0, 0.1) is 5.41 Å². The number of hydrogen-bond donors (Lipinski definition) is 1. The molecule has 0 aliphatic carbocycles. The number of thiazole rings is 1. The molecule has 0 amide bonds. The van der Waals surface area contributed by atoms with Crippen molar-refractivity contribution in [1.82, 2.24) is 15.2 Å². The highest BCUT2D eigenvalue weighted by atomic mass is 127. The molecule has 5 nitrogen and oxygen atoms in total. The van der Waals surface area contributed by atoms with Crippen LogP contribution in [-0.2, 0) is 17.7 Å². The standard InChI is InChI=1S/C16H26N4OS.HI/c1-3-14-19-13(10-22-14)9-18-15(17-4-2)20-7-5-16(11-20)6-8-21-12-16;/h10H,3-9,11-12H2,1-2H3,(H,17,18);1H. The van der Waals surface area contributed by atoms with Crippen molar-refractivity contribution in [3.8, 4) is 0 Å². The van der Waals surface area contributed by atoms with E-state index >= 15 is 0 Å². The van der Waals surface area contributed by atoms with E-state index in [4.69, 9.17) is 9.73 Å². The average molecular weight is 450 g/mol. The van der Waals surface area contributed by atoms with E-state index in [1.807, 2.05) is 0 Å². The molecule has 0 radical (unpaired) electrons. The first-order chi connectivity index (χ1) is 10.7. The van der Waals surface area contributed by atoms with E-state index < -0.39 is 0 Å². The van der Waals surface area contributed by atoms with E-state index in [2.05, 4.69) is 34.4 Å². The fourth-order valence-corrected chi connectivity index (χ4v) is 3.99. The number of aryl methyl sites for hydroxylation is 1. The van der Waals surface area contributed by atoms with E-state index in [0.29, 0.717) is 12.0 Å². The first-order valence-electron chi connectivity index (χ1n) is 8.29. The lowest BCUT2D eigenvalue weighted by Crippen LogP contribution is -2.41. The SMILES string of the molecule is CCNC(=NCc1csc(CC)n1)N1CCC2(CCOC2)C1.I. The molecule has 130 valence electrons. The Kier molecular flexibility index (Phi) is 7.09. The minimum Gasteiger partial charge on any atom is -0.381 e. The third-order valence-electron chi connectivity index (χ3n) is 4.55. The number of aliphatic imine (C=N–C) groups is 1. The average Bonchev–Trinajstić information content (AvgIpc) is 3.26. The van der Waals surface area contributed by atoms with Gasteiger partial charge in [-0.3, -0.25) is 0 Å². The van der Waals surface area contributed by atoms with Crippen LogP contribution in [0.15, 0.2) is 10.4 Å². The van der Waals surface area contributed by atoms with Gasteiger partial charge in [-0.05, 0) is 26.2 Å². The lowest BCUT2D eigenvalue weighted by atomic mass is 9.87. The van der Waals surface area contributed by atoms with Gasteiger partial charge in [0.15, 0.2) is 5.96 Å². The molecule has 2 saturated heterocycles. The van der Waals surface area contributed by atoms with E-state index in [1.165, 1.54) is 17.8 Å². The Morgan fingerprint density at radius 2 is 2.35 bits per heavy atom. The summed E-state index contributed by atoms with van der Waals surface area (Å²) in [5.41, 5.74) is 1.45. The molecule has 0 aromatic carbocycles. The van der Waals surface area contributed by atoms with Crippen molar-refractivity contribution in [2.24, 2.45) is 10.4 Å². The van der Waals surface area contributed by atoms with Crippen LogP contribution in [0.3, 0.4) is 0 Å². The molecular formula is C16H27IN4OS. The number of nitrogens with zero attached hydrogens (tertiary/aromatic N) is 3. The normalized spacial score (nSPS) is 24.3. The summed E-state index contributed by atoms with van der Waals surface area (Å²) in [5.74, 6) is 1.03. The zero-order chi connectivity index (χ0) is 15.4. The maximum atomic E-state index is 5.62. The van der Waals surface area contributed by atoms with Crippen LogP contribution in [0.2, 0.25) is 0 Å². The van der Waals surface area contributed by atoms with Crippen LogP contribution in [0.1, 0.15) is 37.4 Å². The molecule has 1 N–H and O–H groups in total. The zero-order valence-electron chi connectivity index (χ0n) is 14.0. The van der Waals surface area contributed by atoms with Gasteiger partial charge in [-0.15, -0.1) is 35.3 Å². The summed E-state index contributed by atoms with van der Waals surface area (Å²) in [6.07, 6.45) is 3.41. The van der Waals surface area contributed by atoms with Gasteiger partial charge in [0.25, 0.3) is 0 Å². The van der Waals surface area contributed by atoms with Crippen molar-refractivity contribution in [2.45, 2.75) is 39.7 Å². The predicted octanol–water partition coefficient (Wildman–Crippen LogP) is 2.90. The van der Waals surface area contributed by atoms with Crippen LogP contribution < -0.4 is 5.32 Å². The molecule has 1 spiro atoms. The summed E-state index contributed by atoms with van der Waals surface area (Å²) in [6.45, 7) is 9.80.